The number of hydrogen-bond acceptors (Lipinski definition) is 5. The van der Waals surface area contributed by atoms with Crippen molar-refractivity contribution in [1.29, 1.82) is 0 Å². The van der Waals surface area contributed by atoms with Crippen molar-refractivity contribution in [2.24, 2.45) is 11.8 Å². The average molecular weight is 420 g/mol. The monoisotopic (exact) mass is 419 g/mol. The van der Waals surface area contributed by atoms with E-state index in [0.717, 1.165) is 0 Å². The molecule has 1 N–H and O–H groups in total. The number of nitrogens with zero attached hydrogens (tertiary/aromatic N) is 3. The highest BCUT2D eigenvalue weighted by Gasteiger charge is 2.71. The largest absolute Gasteiger partial charge is 0.395 e. The van der Waals surface area contributed by atoms with Gasteiger partial charge in [-0.05, 0) is 20.8 Å². The second-order valence-electron chi connectivity index (χ2n) is 9.27. The number of aliphatic hydroxyl groups is 1. The van der Waals surface area contributed by atoms with E-state index in [1.165, 1.54) is 4.90 Å². The molecule has 3 amide bonds. The van der Waals surface area contributed by atoms with E-state index in [-0.39, 0.29) is 36.1 Å². The fraction of sp³-hybridized carbons (Fsp3) is 0.667. The summed E-state index contributed by atoms with van der Waals surface area (Å²) in [6.07, 6.45) is 7.97. The van der Waals surface area contributed by atoms with E-state index < -0.39 is 28.2 Å². The third kappa shape index (κ3) is 2.86. The molecule has 7 nitrogen and oxygen atoms in total. The summed E-state index contributed by atoms with van der Waals surface area (Å²) in [5.41, 5.74) is -0.400. The topological polar surface area (TPSA) is 81.2 Å². The fourth-order valence-corrected chi connectivity index (χ4v) is 7.22. The molecule has 158 valence electrons. The van der Waals surface area contributed by atoms with Crippen LogP contribution in [-0.4, -0.2) is 92.4 Å². The lowest BCUT2D eigenvalue weighted by Crippen LogP contribution is -2.57. The van der Waals surface area contributed by atoms with Gasteiger partial charge in [0.2, 0.25) is 17.7 Å². The first-order valence-electron chi connectivity index (χ1n) is 10.1. The number of β-amino-alcohol motifs (C(OH)–C–C–N with tert-alkyl or cyclic N) is 1. The van der Waals surface area contributed by atoms with Crippen LogP contribution in [-0.2, 0) is 14.4 Å². The molecule has 2 fully saturated rings. The number of carbonyl (C=O) groups excluding carboxylic acids is 3. The van der Waals surface area contributed by atoms with Gasteiger partial charge in [-0.2, -0.15) is 0 Å². The van der Waals surface area contributed by atoms with E-state index in [9.17, 15) is 19.5 Å². The van der Waals surface area contributed by atoms with Gasteiger partial charge in [0, 0.05) is 37.5 Å². The zero-order valence-electron chi connectivity index (χ0n) is 17.4. The molecule has 0 aromatic carbocycles. The molecule has 0 saturated carbocycles. The van der Waals surface area contributed by atoms with Gasteiger partial charge in [0.05, 0.1) is 23.2 Å². The smallest absolute Gasteiger partial charge is 0.247 e. The summed E-state index contributed by atoms with van der Waals surface area (Å²) < 4.78 is -0.795. The van der Waals surface area contributed by atoms with Crippen LogP contribution in [0.1, 0.15) is 20.8 Å². The van der Waals surface area contributed by atoms with E-state index in [4.69, 9.17) is 0 Å². The number of rotatable bonds is 2. The summed E-state index contributed by atoms with van der Waals surface area (Å²) >= 11 is 1.57. The van der Waals surface area contributed by atoms with Gasteiger partial charge in [-0.15, -0.1) is 11.8 Å². The molecule has 1 spiro atoms. The molecule has 8 heteroatoms. The second-order valence-corrected chi connectivity index (χ2v) is 10.8. The van der Waals surface area contributed by atoms with Gasteiger partial charge in [-0.25, -0.2) is 0 Å². The first-order chi connectivity index (χ1) is 13.6. The maximum absolute atomic E-state index is 13.7. The molecular formula is C21H29N3O4S. The van der Waals surface area contributed by atoms with Crippen LogP contribution in [0.25, 0.3) is 0 Å². The van der Waals surface area contributed by atoms with Gasteiger partial charge in [-0.1, -0.05) is 24.3 Å². The number of likely N-dealkylation sites (N-methyl/N-ethyl adjacent to an activating group) is 1. The number of fused-ring (bicyclic) bond motifs is 2. The Morgan fingerprint density at radius 3 is 2.52 bits per heavy atom. The molecule has 5 atom stereocenters. The van der Waals surface area contributed by atoms with Crippen molar-refractivity contribution >= 4 is 29.5 Å². The Labute approximate surface area is 175 Å². The van der Waals surface area contributed by atoms with E-state index in [1.54, 1.807) is 28.6 Å². The number of aliphatic hydroxyl groups excluding tert-OH is 1. The highest BCUT2D eigenvalue weighted by Crippen LogP contribution is 2.61. The lowest BCUT2D eigenvalue weighted by molar-refractivity contribution is -0.146. The van der Waals surface area contributed by atoms with Crippen molar-refractivity contribution < 1.29 is 19.5 Å². The molecule has 0 bridgehead atoms. The molecule has 0 aromatic heterocycles. The Kier molecular flexibility index (Phi) is 4.85. The number of hydrogen-bond donors (Lipinski definition) is 1. The molecular weight excluding hydrogens is 390 g/mol. The summed E-state index contributed by atoms with van der Waals surface area (Å²) in [6.45, 7) is 6.81. The highest BCUT2D eigenvalue weighted by molar-refractivity contribution is 8.02. The van der Waals surface area contributed by atoms with E-state index >= 15 is 0 Å². The number of amides is 3. The van der Waals surface area contributed by atoms with Gasteiger partial charge < -0.3 is 19.8 Å². The van der Waals surface area contributed by atoms with Crippen LogP contribution in [0.2, 0.25) is 0 Å². The standard InChI is InChI=1S/C21H29N3O4S/c1-20(2,3)24-10-6-8-21-15(18(27)23(11-12-25)16(21)19(24)28)14-13(29-21)7-5-9-22(4)17(14)26/h5-8,13-16,25H,9-12H2,1-4H3/t13-,14+,15-,16?,21-/m0/s1. The van der Waals surface area contributed by atoms with E-state index in [2.05, 4.69) is 0 Å². The Hall–Kier alpha value is -1.80. The number of likely N-dealkylation sites (tertiary alicyclic amines) is 1. The van der Waals surface area contributed by atoms with Gasteiger partial charge >= 0.3 is 0 Å². The molecule has 4 aliphatic rings. The molecule has 1 unspecified atom stereocenters. The second kappa shape index (κ2) is 6.87. The summed E-state index contributed by atoms with van der Waals surface area (Å²) in [5.74, 6) is -1.46. The molecule has 4 heterocycles. The summed E-state index contributed by atoms with van der Waals surface area (Å²) in [7, 11) is 1.75. The first kappa shape index (κ1) is 20.5. The average Bonchev–Trinajstić information content (AvgIpc) is 2.94. The highest BCUT2D eigenvalue weighted by atomic mass is 32.2. The Morgan fingerprint density at radius 2 is 1.86 bits per heavy atom. The number of thioether (sulfide) groups is 1. The lowest BCUT2D eigenvalue weighted by atomic mass is 9.78. The van der Waals surface area contributed by atoms with Crippen LogP contribution in [0.4, 0.5) is 0 Å². The normalized spacial score (nSPS) is 36.9. The van der Waals surface area contributed by atoms with Crippen LogP contribution in [0.3, 0.4) is 0 Å². The minimum absolute atomic E-state index is 0.0508. The van der Waals surface area contributed by atoms with Gasteiger partial charge in [-0.3, -0.25) is 14.4 Å². The molecule has 4 rings (SSSR count). The van der Waals surface area contributed by atoms with Crippen molar-refractivity contribution in [2.45, 2.75) is 42.3 Å². The third-order valence-electron chi connectivity index (χ3n) is 6.51. The van der Waals surface area contributed by atoms with Crippen LogP contribution in [0.15, 0.2) is 24.3 Å². The summed E-state index contributed by atoms with van der Waals surface area (Å²) in [5, 5.41) is 9.48. The predicted octanol–water partition coefficient (Wildman–Crippen LogP) is 0.501. The van der Waals surface area contributed by atoms with E-state index in [0.29, 0.717) is 13.1 Å². The quantitative estimate of drug-likeness (QED) is 0.660. The molecule has 0 radical (unpaired) electrons. The van der Waals surface area contributed by atoms with Crippen molar-refractivity contribution in [3.8, 4) is 0 Å². The molecule has 2 saturated heterocycles. The maximum Gasteiger partial charge on any atom is 0.247 e. The molecule has 0 aromatic rings. The predicted molar refractivity (Wildman–Crippen MR) is 111 cm³/mol. The van der Waals surface area contributed by atoms with Crippen molar-refractivity contribution in [3.63, 3.8) is 0 Å². The Balaban J connectivity index is 1.86. The van der Waals surface area contributed by atoms with Crippen LogP contribution >= 0.6 is 11.8 Å². The SMILES string of the molecule is CN1CC=C[C@@H]2S[C@]34C=CCN(C(C)(C)C)C(=O)C3N(CCO)C(=O)[C@@H]4[C@@H]2C1=O. The molecule has 0 aliphatic carbocycles. The summed E-state index contributed by atoms with van der Waals surface area (Å²) in [4.78, 5) is 45.5. The maximum atomic E-state index is 13.7. The minimum Gasteiger partial charge on any atom is -0.395 e. The van der Waals surface area contributed by atoms with Crippen LogP contribution < -0.4 is 0 Å². The fourth-order valence-electron chi connectivity index (χ4n) is 5.21. The molecule has 4 aliphatic heterocycles. The van der Waals surface area contributed by atoms with Crippen LogP contribution in [0.5, 0.6) is 0 Å². The van der Waals surface area contributed by atoms with Crippen molar-refractivity contribution in [2.75, 3.05) is 33.3 Å². The Bertz CT molecular complexity index is 804. The lowest BCUT2D eigenvalue weighted by Gasteiger charge is -2.40. The van der Waals surface area contributed by atoms with Crippen molar-refractivity contribution in [1.82, 2.24) is 14.7 Å². The first-order valence-corrected chi connectivity index (χ1v) is 11.0. The van der Waals surface area contributed by atoms with Gasteiger partial charge in [0.15, 0.2) is 0 Å². The number of carbonyl (C=O) groups is 3. The van der Waals surface area contributed by atoms with Crippen molar-refractivity contribution in [3.05, 3.63) is 24.3 Å². The van der Waals surface area contributed by atoms with E-state index in [1.807, 2.05) is 45.1 Å². The molecule has 29 heavy (non-hydrogen) atoms. The zero-order chi connectivity index (χ0) is 21.1. The minimum atomic E-state index is -0.795. The Morgan fingerprint density at radius 1 is 1.14 bits per heavy atom. The summed E-state index contributed by atoms with van der Waals surface area (Å²) in [6, 6.07) is -0.714. The van der Waals surface area contributed by atoms with Gasteiger partial charge in [0.1, 0.15) is 6.04 Å². The van der Waals surface area contributed by atoms with Gasteiger partial charge in [0.25, 0.3) is 0 Å². The zero-order valence-corrected chi connectivity index (χ0v) is 18.2. The third-order valence-corrected chi connectivity index (χ3v) is 8.25. The van der Waals surface area contributed by atoms with Crippen LogP contribution in [0, 0.1) is 11.8 Å².